The van der Waals surface area contributed by atoms with E-state index in [1.165, 1.54) is 23.3 Å². The van der Waals surface area contributed by atoms with E-state index in [4.69, 9.17) is 15.6 Å². The lowest BCUT2D eigenvalue weighted by Crippen LogP contribution is -2.26. The molecule has 6 nitrogen and oxygen atoms in total. The zero-order chi connectivity index (χ0) is 22.5. The van der Waals surface area contributed by atoms with Gasteiger partial charge in [-0.3, -0.25) is 0 Å². The second-order valence-electron chi connectivity index (χ2n) is 7.41. The molecule has 4 rings (SSSR count). The van der Waals surface area contributed by atoms with Gasteiger partial charge < -0.3 is 20.9 Å². The summed E-state index contributed by atoms with van der Waals surface area (Å²) in [6, 6.07) is 21.0. The maximum absolute atomic E-state index is 12.2. The van der Waals surface area contributed by atoms with Crippen LogP contribution in [0, 0.1) is 11.8 Å². The van der Waals surface area contributed by atoms with Crippen LogP contribution < -0.4 is 11.1 Å². The summed E-state index contributed by atoms with van der Waals surface area (Å²) < 4.78 is 5.48. The van der Waals surface area contributed by atoms with Gasteiger partial charge in [-0.05, 0) is 40.5 Å². The number of nitrogens with two attached hydrogens (primary N) is 1. The van der Waals surface area contributed by atoms with Gasteiger partial charge in [-0.1, -0.05) is 60.4 Å². The number of carbonyl (C=O) groups excluding carboxylic acids is 1. The predicted molar refractivity (Wildman–Crippen MR) is 122 cm³/mol. The van der Waals surface area contributed by atoms with Crippen LogP contribution in [0.5, 0.6) is 0 Å². The summed E-state index contributed by atoms with van der Waals surface area (Å²) in [4.78, 5) is 23.3. The Bertz CT molecular complexity index is 1190. The van der Waals surface area contributed by atoms with E-state index in [9.17, 15) is 9.59 Å². The molecule has 4 N–H and O–H groups in total. The maximum atomic E-state index is 12.2. The Kier molecular flexibility index (Phi) is 6.09. The number of nitrogen functional groups attached to an aromatic ring is 1. The molecule has 1 amide bonds. The van der Waals surface area contributed by atoms with E-state index in [1.54, 1.807) is 6.07 Å². The monoisotopic (exact) mass is 426 g/mol. The predicted octanol–water partition coefficient (Wildman–Crippen LogP) is 4.25. The number of hydrogen-bond acceptors (Lipinski definition) is 4. The molecule has 32 heavy (non-hydrogen) atoms. The second-order valence-corrected chi connectivity index (χ2v) is 7.41. The Morgan fingerprint density at radius 2 is 1.66 bits per heavy atom. The number of carboxylic acid groups (broad SMARTS) is 1. The number of ether oxygens (including phenoxy) is 1. The molecule has 0 spiro atoms. The first kappa shape index (κ1) is 21.0. The molecular formula is C26H22N2O4. The van der Waals surface area contributed by atoms with Crippen molar-refractivity contribution in [1.82, 2.24) is 5.32 Å². The highest BCUT2D eigenvalue weighted by Crippen LogP contribution is 2.44. The summed E-state index contributed by atoms with van der Waals surface area (Å²) in [7, 11) is 0. The van der Waals surface area contributed by atoms with Gasteiger partial charge in [-0.15, -0.1) is 0 Å². The van der Waals surface area contributed by atoms with Crippen LogP contribution in [-0.2, 0) is 4.74 Å². The first-order valence-electron chi connectivity index (χ1n) is 10.2. The van der Waals surface area contributed by atoms with Gasteiger partial charge in [0.2, 0.25) is 0 Å². The SMILES string of the molecule is Nc1ccc(C#CCCNC(=O)OCC2c3ccccc3-c3ccccc32)cc1C(=O)O. The number of aromatic carboxylic acids is 1. The molecule has 0 unspecified atom stereocenters. The third-order valence-corrected chi connectivity index (χ3v) is 5.38. The lowest BCUT2D eigenvalue weighted by atomic mass is 9.98. The minimum Gasteiger partial charge on any atom is -0.478 e. The van der Waals surface area contributed by atoms with E-state index in [1.807, 2.05) is 24.3 Å². The van der Waals surface area contributed by atoms with Gasteiger partial charge in [0.1, 0.15) is 6.61 Å². The van der Waals surface area contributed by atoms with E-state index in [-0.39, 0.29) is 23.8 Å². The summed E-state index contributed by atoms with van der Waals surface area (Å²) in [5, 5.41) is 11.8. The number of hydrogen-bond donors (Lipinski definition) is 3. The van der Waals surface area contributed by atoms with E-state index in [0.29, 0.717) is 18.5 Å². The highest BCUT2D eigenvalue weighted by atomic mass is 16.5. The number of benzene rings is 3. The first-order valence-corrected chi connectivity index (χ1v) is 10.2. The Morgan fingerprint density at radius 1 is 1.00 bits per heavy atom. The van der Waals surface area contributed by atoms with Crippen LogP contribution in [0.15, 0.2) is 66.7 Å². The van der Waals surface area contributed by atoms with E-state index in [2.05, 4.69) is 41.4 Å². The molecule has 0 aromatic heterocycles. The third kappa shape index (κ3) is 4.42. The quantitative estimate of drug-likeness (QED) is 0.322. The minimum atomic E-state index is -1.09. The zero-order valence-electron chi connectivity index (χ0n) is 17.3. The molecule has 0 saturated heterocycles. The van der Waals surface area contributed by atoms with Gasteiger partial charge in [0.15, 0.2) is 0 Å². The molecule has 0 aliphatic heterocycles. The molecule has 160 valence electrons. The number of amides is 1. The number of rotatable bonds is 5. The van der Waals surface area contributed by atoms with E-state index < -0.39 is 12.1 Å². The Morgan fingerprint density at radius 3 is 2.31 bits per heavy atom. The molecule has 6 heteroatoms. The standard InChI is InChI=1S/C26H22N2O4/c27-24-13-12-17(15-22(24)25(29)30)7-5-6-14-28-26(31)32-16-23-20-10-3-1-8-18(20)19-9-2-4-11-21(19)23/h1-4,8-13,15,23H,6,14,16,27H2,(H,28,31)(H,29,30). The van der Waals surface area contributed by atoms with Crippen LogP contribution in [0.1, 0.15) is 39.4 Å². The number of fused-ring (bicyclic) bond motifs is 3. The molecule has 1 aliphatic rings. The number of anilines is 1. The molecule has 0 atom stereocenters. The van der Waals surface area contributed by atoms with Crippen molar-refractivity contribution in [2.24, 2.45) is 0 Å². The summed E-state index contributed by atoms with van der Waals surface area (Å²) in [6.07, 6.45) is -0.0916. The van der Waals surface area contributed by atoms with Crippen molar-refractivity contribution in [1.29, 1.82) is 0 Å². The molecule has 0 heterocycles. The fourth-order valence-corrected chi connectivity index (χ4v) is 3.86. The van der Waals surface area contributed by atoms with Gasteiger partial charge >= 0.3 is 12.1 Å². The van der Waals surface area contributed by atoms with Crippen LogP contribution in [0.3, 0.4) is 0 Å². The van der Waals surface area contributed by atoms with Crippen molar-refractivity contribution in [2.45, 2.75) is 12.3 Å². The normalized spacial score (nSPS) is 11.6. The van der Waals surface area contributed by atoms with Crippen molar-refractivity contribution >= 4 is 17.7 Å². The van der Waals surface area contributed by atoms with E-state index in [0.717, 1.165) is 11.1 Å². The summed E-state index contributed by atoms with van der Waals surface area (Å²) in [5.74, 6) is 4.71. The highest BCUT2D eigenvalue weighted by Gasteiger charge is 2.28. The van der Waals surface area contributed by atoms with Crippen molar-refractivity contribution in [3.8, 4) is 23.0 Å². The molecule has 0 fully saturated rings. The third-order valence-electron chi connectivity index (χ3n) is 5.38. The molecule has 1 aliphatic carbocycles. The average Bonchev–Trinajstić information content (AvgIpc) is 3.12. The molecule has 3 aromatic carbocycles. The number of alkyl carbamates (subject to hydrolysis) is 1. The van der Waals surface area contributed by atoms with Crippen LogP contribution in [-0.4, -0.2) is 30.3 Å². The van der Waals surface area contributed by atoms with Gasteiger partial charge in [0.05, 0.1) is 5.56 Å². The van der Waals surface area contributed by atoms with Crippen molar-refractivity contribution in [2.75, 3.05) is 18.9 Å². The smallest absolute Gasteiger partial charge is 0.407 e. The van der Waals surface area contributed by atoms with Crippen LogP contribution in [0.2, 0.25) is 0 Å². The molecule has 0 bridgehead atoms. The Balaban J connectivity index is 1.29. The molecule has 3 aromatic rings. The summed E-state index contributed by atoms with van der Waals surface area (Å²) in [5.41, 5.74) is 11.1. The minimum absolute atomic E-state index is 0.0156. The van der Waals surface area contributed by atoms with Crippen LogP contribution in [0.4, 0.5) is 10.5 Å². The summed E-state index contributed by atoms with van der Waals surface area (Å²) in [6.45, 7) is 0.583. The van der Waals surface area contributed by atoms with Crippen LogP contribution in [0.25, 0.3) is 11.1 Å². The van der Waals surface area contributed by atoms with Gasteiger partial charge in [0.25, 0.3) is 0 Å². The van der Waals surface area contributed by atoms with Crippen molar-refractivity contribution < 1.29 is 19.4 Å². The highest BCUT2D eigenvalue weighted by molar-refractivity contribution is 5.94. The number of carboxylic acids is 1. The van der Waals surface area contributed by atoms with Crippen molar-refractivity contribution in [3.05, 3.63) is 89.0 Å². The largest absolute Gasteiger partial charge is 0.478 e. The molecular weight excluding hydrogens is 404 g/mol. The van der Waals surface area contributed by atoms with Gasteiger partial charge in [0, 0.05) is 30.1 Å². The van der Waals surface area contributed by atoms with Gasteiger partial charge in [-0.25, -0.2) is 9.59 Å². The van der Waals surface area contributed by atoms with Crippen molar-refractivity contribution in [3.63, 3.8) is 0 Å². The molecule has 0 saturated carbocycles. The number of carbonyl (C=O) groups is 2. The van der Waals surface area contributed by atoms with E-state index >= 15 is 0 Å². The fraction of sp³-hybridized carbons (Fsp3) is 0.154. The first-order chi connectivity index (χ1) is 15.5. The lowest BCUT2D eigenvalue weighted by molar-refractivity contribution is 0.0698. The maximum Gasteiger partial charge on any atom is 0.407 e. The second kappa shape index (κ2) is 9.27. The van der Waals surface area contributed by atoms with Gasteiger partial charge in [-0.2, -0.15) is 0 Å². The number of nitrogens with one attached hydrogen (secondary N) is 1. The fourth-order valence-electron chi connectivity index (χ4n) is 3.86. The molecule has 0 radical (unpaired) electrons. The topological polar surface area (TPSA) is 102 Å². The van der Waals surface area contributed by atoms with Crippen LogP contribution >= 0.6 is 0 Å². The Labute approximate surface area is 186 Å². The lowest BCUT2D eigenvalue weighted by Gasteiger charge is -2.14. The average molecular weight is 426 g/mol. The summed E-state index contributed by atoms with van der Waals surface area (Å²) >= 11 is 0. The zero-order valence-corrected chi connectivity index (χ0v) is 17.3. The Hall–Kier alpha value is -4.24.